The highest BCUT2D eigenvalue weighted by Gasteiger charge is 2.12. The van der Waals surface area contributed by atoms with Crippen LogP contribution in [-0.4, -0.2) is 57.7 Å². The minimum Gasteiger partial charge on any atom is -0.489 e. The van der Waals surface area contributed by atoms with Gasteiger partial charge in [-0.1, -0.05) is 12.1 Å². The van der Waals surface area contributed by atoms with E-state index in [0.717, 1.165) is 33.5 Å². The topological polar surface area (TPSA) is 48.8 Å². The maximum atomic E-state index is 12.6. The summed E-state index contributed by atoms with van der Waals surface area (Å²) in [5, 5.41) is 10.6. The Morgan fingerprint density at radius 1 is 1.00 bits per heavy atom. The van der Waals surface area contributed by atoms with Gasteiger partial charge in [-0.25, -0.2) is 9.37 Å². The first-order valence-electron chi connectivity index (χ1n) is 9.15. The molecule has 0 saturated heterocycles. The number of halogens is 1. The van der Waals surface area contributed by atoms with Crippen LogP contribution in [0.2, 0.25) is 0 Å². The number of rotatable bonds is 7. The van der Waals surface area contributed by atoms with Gasteiger partial charge in [-0.05, 0) is 36.4 Å². The van der Waals surface area contributed by atoms with Crippen LogP contribution in [0.1, 0.15) is 0 Å². The van der Waals surface area contributed by atoms with Gasteiger partial charge >= 0.3 is 0 Å². The molecule has 2 aromatic carbocycles. The minimum absolute atomic E-state index is 0.0980. The maximum Gasteiger partial charge on any atom is 0.143 e. The van der Waals surface area contributed by atoms with Gasteiger partial charge in [0.1, 0.15) is 25.1 Å². The Bertz CT molecular complexity index is 960. The molecule has 0 aliphatic heterocycles. The lowest BCUT2D eigenvalue weighted by molar-refractivity contribution is 0.0844. The molecular weight excluding hydrogens is 357 g/mol. The largest absolute Gasteiger partial charge is 0.489 e. The zero-order valence-electron chi connectivity index (χ0n) is 16.7. The number of anilines is 2. The molecule has 0 spiro atoms. The first kappa shape index (κ1) is 19.9. The molecule has 5 nitrogen and oxygen atoms in total. The number of aliphatic hydroxyl groups is 1. The van der Waals surface area contributed by atoms with Crippen molar-refractivity contribution in [3.05, 3.63) is 48.5 Å². The quantitative estimate of drug-likeness (QED) is 0.674. The smallest absolute Gasteiger partial charge is 0.143 e. The predicted octanol–water partition coefficient (Wildman–Crippen LogP) is 3.74. The molecule has 0 bridgehead atoms. The summed E-state index contributed by atoms with van der Waals surface area (Å²) in [4.78, 5) is 8.75. The van der Waals surface area contributed by atoms with Crippen LogP contribution < -0.4 is 14.5 Å². The number of aliphatic hydroxyl groups excluding tert-OH is 1. The van der Waals surface area contributed by atoms with E-state index in [1.165, 1.54) is 0 Å². The van der Waals surface area contributed by atoms with E-state index in [9.17, 15) is 9.50 Å². The second kappa shape index (κ2) is 8.44. The van der Waals surface area contributed by atoms with E-state index in [4.69, 9.17) is 9.72 Å². The third-order valence-corrected chi connectivity index (χ3v) is 4.54. The molecule has 0 saturated carbocycles. The number of aromatic nitrogens is 1. The van der Waals surface area contributed by atoms with E-state index in [0.29, 0.717) is 5.75 Å². The molecule has 28 heavy (non-hydrogen) atoms. The highest BCUT2D eigenvalue weighted by atomic mass is 19.1. The van der Waals surface area contributed by atoms with Gasteiger partial charge in [0.2, 0.25) is 0 Å². The fourth-order valence-electron chi connectivity index (χ4n) is 2.94. The van der Waals surface area contributed by atoms with Crippen molar-refractivity contribution in [3.8, 4) is 17.0 Å². The Hall–Kier alpha value is -2.86. The van der Waals surface area contributed by atoms with E-state index < -0.39 is 12.8 Å². The van der Waals surface area contributed by atoms with Gasteiger partial charge in [-0.15, -0.1) is 0 Å². The maximum absolute atomic E-state index is 12.6. The molecule has 1 atom stereocenters. The summed E-state index contributed by atoms with van der Waals surface area (Å²) in [6.45, 7) is -0.933. The molecule has 3 rings (SSSR count). The zero-order chi connectivity index (χ0) is 20.3. The van der Waals surface area contributed by atoms with E-state index >= 15 is 0 Å². The molecule has 1 aromatic heterocycles. The van der Waals surface area contributed by atoms with Crippen molar-refractivity contribution in [2.75, 3.05) is 51.3 Å². The Kier molecular flexibility index (Phi) is 5.99. The summed E-state index contributed by atoms with van der Waals surface area (Å²) in [7, 11) is 7.83. The molecule has 1 heterocycles. The van der Waals surface area contributed by atoms with Crippen LogP contribution in [0.3, 0.4) is 0 Å². The van der Waals surface area contributed by atoms with E-state index in [2.05, 4.69) is 17.0 Å². The summed E-state index contributed by atoms with van der Waals surface area (Å²) in [6, 6.07) is 16.0. The average Bonchev–Trinajstić information content (AvgIpc) is 2.70. The molecule has 1 unspecified atom stereocenters. The lowest BCUT2D eigenvalue weighted by Crippen LogP contribution is -2.20. The molecule has 148 valence electrons. The van der Waals surface area contributed by atoms with E-state index in [-0.39, 0.29) is 6.61 Å². The standard InChI is InChI=1S/C22H26FN3O2/c1-25(2)17-7-9-20-15(11-17)5-8-19(24-20)16-6-10-21(26(3)4)22(12-16)28-14-18(27)13-23/h5-12,18,27H,13-14H2,1-4H3. The number of hydrogen-bond donors (Lipinski definition) is 1. The molecule has 1 N–H and O–H groups in total. The highest BCUT2D eigenvalue weighted by Crippen LogP contribution is 2.33. The summed E-state index contributed by atoms with van der Waals surface area (Å²) in [5.74, 6) is 0.583. The number of fused-ring (bicyclic) bond motifs is 1. The zero-order valence-corrected chi connectivity index (χ0v) is 16.7. The summed E-state index contributed by atoms with van der Waals surface area (Å²) < 4.78 is 18.2. The first-order valence-corrected chi connectivity index (χ1v) is 9.15. The van der Waals surface area contributed by atoms with Crippen molar-refractivity contribution in [2.45, 2.75) is 6.10 Å². The summed E-state index contributed by atoms with van der Waals surface area (Å²) >= 11 is 0. The number of nitrogens with zero attached hydrogens (tertiary/aromatic N) is 3. The van der Waals surface area contributed by atoms with Gasteiger partial charge in [0, 0.05) is 44.8 Å². The van der Waals surface area contributed by atoms with Crippen LogP contribution in [0.25, 0.3) is 22.2 Å². The van der Waals surface area contributed by atoms with Crippen LogP contribution >= 0.6 is 0 Å². The Morgan fingerprint density at radius 3 is 2.46 bits per heavy atom. The van der Waals surface area contributed by atoms with Crippen LogP contribution in [0.4, 0.5) is 15.8 Å². The molecule has 0 amide bonds. The third kappa shape index (κ3) is 4.34. The number of ether oxygens (including phenoxy) is 1. The summed E-state index contributed by atoms with van der Waals surface area (Å²) in [6.07, 6.45) is -1.14. The lowest BCUT2D eigenvalue weighted by atomic mass is 10.1. The van der Waals surface area contributed by atoms with E-state index in [1.807, 2.05) is 69.5 Å². The molecule has 0 fully saturated rings. The molecule has 0 radical (unpaired) electrons. The number of benzene rings is 2. The second-order valence-corrected chi connectivity index (χ2v) is 7.16. The third-order valence-electron chi connectivity index (χ3n) is 4.54. The van der Waals surface area contributed by atoms with Crippen molar-refractivity contribution in [1.82, 2.24) is 4.98 Å². The van der Waals surface area contributed by atoms with Crippen molar-refractivity contribution in [2.24, 2.45) is 0 Å². The van der Waals surface area contributed by atoms with Gasteiger partial charge < -0.3 is 19.6 Å². The van der Waals surface area contributed by atoms with Crippen molar-refractivity contribution < 1.29 is 14.2 Å². The van der Waals surface area contributed by atoms with Crippen LogP contribution in [0.5, 0.6) is 5.75 Å². The van der Waals surface area contributed by atoms with Crippen molar-refractivity contribution in [1.29, 1.82) is 0 Å². The SMILES string of the molecule is CN(C)c1ccc2nc(-c3ccc(N(C)C)c(OCC(O)CF)c3)ccc2c1. The number of alkyl halides is 1. The van der Waals surface area contributed by atoms with Crippen molar-refractivity contribution >= 4 is 22.3 Å². The van der Waals surface area contributed by atoms with Gasteiger partial charge in [-0.3, -0.25) is 0 Å². The Labute approximate surface area is 165 Å². The normalized spacial score (nSPS) is 12.1. The minimum atomic E-state index is -1.14. The number of hydrogen-bond acceptors (Lipinski definition) is 5. The van der Waals surface area contributed by atoms with Crippen LogP contribution in [-0.2, 0) is 0 Å². The van der Waals surface area contributed by atoms with Gasteiger partial charge in [0.25, 0.3) is 0 Å². The molecular formula is C22H26FN3O2. The van der Waals surface area contributed by atoms with Gasteiger partial charge in [0.05, 0.1) is 16.9 Å². The molecule has 3 aromatic rings. The molecule has 0 aliphatic rings. The van der Waals surface area contributed by atoms with Gasteiger partial charge in [0.15, 0.2) is 0 Å². The lowest BCUT2D eigenvalue weighted by Gasteiger charge is -2.20. The molecule has 0 aliphatic carbocycles. The second-order valence-electron chi connectivity index (χ2n) is 7.16. The number of pyridine rings is 1. The van der Waals surface area contributed by atoms with E-state index in [1.54, 1.807) is 0 Å². The van der Waals surface area contributed by atoms with Crippen molar-refractivity contribution in [3.63, 3.8) is 0 Å². The Balaban J connectivity index is 1.96. The molecule has 6 heteroatoms. The fraction of sp³-hybridized carbons (Fsp3) is 0.318. The highest BCUT2D eigenvalue weighted by molar-refractivity contribution is 5.85. The Morgan fingerprint density at radius 2 is 1.79 bits per heavy atom. The average molecular weight is 383 g/mol. The first-order chi connectivity index (χ1) is 13.4. The fourth-order valence-corrected chi connectivity index (χ4v) is 2.94. The van der Waals surface area contributed by atoms with Crippen LogP contribution in [0.15, 0.2) is 48.5 Å². The van der Waals surface area contributed by atoms with Gasteiger partial charge in [-0.2, -0.15) is 0 Å². The summed E-state index contributed by atoms with van der Waals surface area (Å²) in [5.41, 5.74) is 4.61. The predicted molar refractivity (Wildman–Crippen MR) is 113 cm³/mol. The monoisotopic (exact) mass is 383 g/mol. The van der Waals surface area contributed by atoms with Crippen LogP contribution in [0, 0.1) is 0 Å².